The molecular weight excluding hydrogens is 308 g/mol. The standard InChI is InChI=1S/C17H18N4O3/c1-2-23-10-9-19-17(22)20-12-6-7-13-15(11-12)24-16(21-13)14-5-3-4-8-18-14/h3-8,11H,2,9-10H2,1H3,(H2,19,20,22). The summed E-state index contributed by atoms with van der Waals surface area (Å²) in [6.45, 7) is 3.47. The number of nitrogens with zero attached hydrogens (tertiary/aromatic N) is 2. The third-order valence-electron chi connectivity index (χ3n) is 3.27. The molecule has 0 saturated heterocycles. The van der Waals surface area contributed by atoms with E-state index in [4.69, 9.17) is 9.15 Å². The fraction of sp³-hybridized carbons (Fsp3) is 0.235. The van der Waals surface area contributed by atoms with Gasteiger partial charge in [-0.1, -0.05) is 6.07 Å². The number of hydrogen-bond donors (Lipinski definition) is 2. The molecule has 2 heterocycles. The molecular formula is C17H18N4O3. The van der Waals surface area contributed by atoms with E-state index in [1.807, 2.05) is 25.1 Å². The number of fused-ring (bicyclic) bond motifs is 1. The van der Waals surface area contributed by atoms with Gasteiger partial charge in [-0.15, -0.1) is 0 Å². The maximum Gasteiger partial charge on any atom is 0.319 e. The first-order valence-corrected chi connectivity index (χ1v) is 7.71. The summed E-state index contributed by atoms with van der Waals surface area (Å²) in [5, 5.41) is 5.46. The summed E-state index contributed by atoms with van der Waals surface area (Å²) in [5.74, 6) is 0.448. The predicted molar refractivity (Wildman–Crippen MR) is 90.8 cm³/mol. The van der Waals surface area contributed by atoms with Crippen molar-refractivity contribution in [1.82, 2.24) is 15.3 Å². The zero-order valence-electron chi connectivity index (χ0n) is 13.3. The summed E-state index contributed by atoms with van der Waals surface area (Å²) in [5.41, 5.74) is 2.58. The van der Waals surface area contributed by atoms with Crippen LogP contribution in [0, 0.1) is 0 Å². The average Bonchev–Trinajstić information content (AvgIpc) is 3.03. The molecule has 2 amide bonds. The van der Waals surface area contributed by atoms with E-state index in [2.05, 4.69) is 20.6 Å². The molecule has 124 valence electrons. The summed E-state index contributed by atoms with van der Waals surface area (Å²) in [7, 11) is 0. The lowest BCUT2D eigenvalue weighted by Gasteiger charge is -2.07. The number of urea groups is 1. The Bertz CT molecular complexity index is 817. The predicted octanol–water partition coefficient (Wildman–Crippen LogP) is 3.05. The van der Waals surface area contributed by atoms with Gasteiger partial charge >= 0.3 is 6.03 Å². The molecule has 0 aliphatic heterocycles. The number of aromatic nitrogens is 2. The Hall–Kier alpha value is -2.93. The number of oxazole rings is 1. The molecule has 7 nitrogen and oxygen atoms in total. The van der Waals surface area contributed by atoms with Gasteiger partial charge in [-0.05, 0) is 31.2 Å². The number of nitrogens with one attached hydrogen (secondary N) is 2. The maximum atomic E-state index is 11.8. The van der Waals surface area contributed by atoms with Crippen molar-refractivity contribution in [3.8, 4) is 11.6 Å². The molecule has 0 saturated carbocycles. The Morgan fingerprint density at radius 3 is 3.00 bits per heavy atom. The van der Waals surface area contributed by atoms with E-state index in [1.165, 1.54) is 0 Å². The van der Waals surface area contributed by atoms with Crippen molar-refractivity contribution in [3.05, 3.63) is 42.6 Å². The zero-order valence-corrected chi connectivity index (χ0v) is 13.3. The molecule has 3 rings (SSSR count). The maximum absolute atomic E-state index is 11.8. The van der Waals surface area contributed by atoms with Crippen LogP contribution < -0.4 is 10.6 Å². The first-order chi connectivity index (χ1) is 11.8. The van der Waals surface area contributed by atoms with Gasteiger partial charge in [0.05, 0.1) is 6.61 Å². The van der Waals surface area contributed by atoms with Gasteiger partial charge in [0.15, 0.2) is 5.58 Å². The van der Waals surface area contributed by atoms with Crippen LogP contribution in [0.2, 0.25) is 0 Å². The lowest BCUT2D eigenvalue weighted by Crippen LogP contribution is -2.31. The van der Waals surface area contributed by atoms with Crippen molar-refractivity contribution < 1.29 is 13.9 Å². The molecule has 0 bridgehead atoms. The van der Waals surface area contributed by atoms with E-state index in [9.17, 15) is 4.79 Å². The number of benzene rings is 1. The molecule has 2 N–H and O–H groups in total. The number of pyridine rings is 1. The highest BCUT2D eigenvalue weighted by Gasteiger charge is 2.10. The molecule has 0 spiro atoms. The fourth-order valence-electron chi connectivity index (χ4n) is 2.16. The van der Waals surface area contributed by atoms with Gasteiger partial charge in [0.25, 0.3) is 0 Å². The molecule has 0 fully saturated rings. The van der Waals surface area contributed by atoms with Gasteiger partial charge in [0.2, 0.25) is 5.89 Å². The van der Waals surface area contributed by atoms with Gasteiger partial charge in [-0.25, -0.2) is 9.78 Å². The number of carbonyl (C=O) groups excluding carboxylic acids is 1. The van der Waals surface area contributed by atoms with Crippen molar-refractivity contribution >= 4 is 22.8 Å². The van der Waals surface area contributed by atoms with Crippen LogP contribution in [0.5, 0.6) is 0 Å². The summed E-state index contributed by atoms with van der Waals surface area (Å²) < 4.78 is 10.9. The van der Waals surface area contributed by atoms with Crippen LogP contribution in [-0.4, -0.2) is 35.8 Å². The fourth-order valence-corrected chi connectivity index (χ4v) is 2.16. The summed E-state index contributed by atoms with van der Waals surface area (Å²) in [4.78, 5) is 20.4. The Labute approximate surface area is 139 Å². The lowest BCUT2D eigenvalue weighted by molar-refractivity contribution is 0.150. The van der Waals surface area contributed by atoms with Gasteiger partial charge < -0.3 is 19.8 Å². The van der Waals surface area contributed by atoms with Gasteiger partial charge in [0.1, 0.15) is 11.2 Å². The normalized spacial score (nSPS) is 10.7. The van der Waals surface area contributed by atoms with E-state index < -0.39 is 0 Å². The lowest BCUT2D eigenvalue weighted by atomic mass is 10.3. The molecule has 24 heavy (non-hydrogen) atoms. The van der Waals surface area contributed by atoms with Gasteiger partial charge in [0, 0.05) is 31.1 Å². The van der Waals surface area contributed by atoms with Crippen LogP contribution in [-0.2, 0) is 4.74 Å². The highest BCUT2D eigenvalue weighted by molar-refractivity contribution is 5.91. The zero-order chi connectivity index (χ0) is 16.8. The third kappa shape index (κ3) is 3.88. The second-order valence-electron chi connectivity index (χ2n) is 4.99. The molecule has 3 aromatic rings. The number of rotatable bonds is 6. The monoisotopic (exact) mass is 326 g/mol. The topological polar surface area (TPSA) is 89.3 Å². The van der Waals surface area contributed by atoms with E-state index in [-0.39, 0.29) is 6.03 Å². The smallest absolute Gasteiger partial charge is 0.319 e. The van der Waals surface area contributed by atoms with Crippen LogP contribution in [0.15, 0.2) is 47.0 Å². The van der Waals surface area contributed by atoms with Crippen molar-refractivity contribution in [1.29, 1.82) is 0 Å². The van der Waals surface area contributed by atoms with Crippen LogP contribution in [0.4, 0.5) is 10.5 Å². The second-order valence-corrected chi connectivity index (χ2v) is 4.99. The first-order valence-electron chi connectivity index (χ1n) is 7.71. The van der Waals surface area contributed by atoms with Crippen molar-refractivity contribution in [3.63, 3.8) is 0 Å². The van der Waals surface area contributed by atoms with E-state index in [0.29, 0.717) is 48.1 Å². The van der Waals surface area contributed by atoms with E-state index in [0.717, 1.165) is 0 Å². The third-order valence-corrected chi connectivity index (χ3v) is 3.27. The molecule has 0 unspecified atom stereocenters. The number of hydrogen-bond acceptors (Lipinski definition) is 5. The number of amides is 2. The Morgan fingerprint density at radius 2 is 2.21 bits per heavy atom. The van der Waals surface area contributed by atoms with Crippen molar-refractivity contribution in [2.75, 3.05) is 25.1 Å². The molecule has 7 heteroatoms. The molecule has 0 aliphatic rings. The molecule has 1 aromatic carbocycles. The number of carbonyl (C=O) groups is 1. The Balaban J connectivity index is 1.69. The molecule has 0 radical (unpaired) electrons. The molecule has 0 atom stereocenters. The summed E-state index contributed by atoms with van der Waals surface area (Å²) in [6.07, 6.45) is 1.68. The minimum atomic E-state index is -0.293. The van der Waals surface area contributed by atoms with Crippen LogP contribution >= 0.6 is 0 Å². The highest BCUT2D eigenvalue weighted by atomic mass is 16.5. The Kier molecular flexibility index (Phi) is 5.02. The van der Waals surface area contributed by atoms with Crippen molar-refractivity contribution in [2.24, 2.45) is 0 Å². The summed E-state index contributed by atoms with van der Waals surface area (Å²) >= 11 is 0. The molecule has 0 aliphatic carbocycles. The first kappa shape index (κ1) is 15.9. The van der Waals surface area contributed by atoms with E-state index in [1.54, 1.807) is 24.4 Å². The second kappa shape index (κ2) is 7.56. The highest BCUT2D eigenvalue weighted by Crippen LogP contribution is 2.24. The molecule has 2 aromatic heterocycles. The number of ether oxygens (including phenoxy) is 1. The average molecular weight is 326 g/mol. The van der Waals surface area contributed by atoms with Gasteiger partial charge in [-0.3, -0.25) is 4.98 Å². The van der Waals surface area contributed by atoms with Crippen LogP contribution in [0.25, 0.3) is 22.7 Å². The minimum Gasteiger partial charge on any atom is -0.435 e. The van der Waals surface area contributed by atoms with Crippen LogP contribution in [0.3, 0.4) is 0 Å². The van der Waals surface area contributed by atoms with Crippen molar-refractivity contribution in [2.45, 2.75) is 6.92 Å². The van der Waals surface area contributed by atoms with E-state index >= 15 is 0 Å². The van der Waals surface area contributed by atoms with Crippen LogP contribution in [0.1, 0.15) is 6.92 Å². The summed E-state index contributed by atoms with van der Waals surface area (Å²) in [6, 6.07) is 10.5. The number of anilines is 1. The quantitative estimate of drug-likeness (QED) is 0.680. The SMILES string of the molecule is CCOCCNC(=O)Nc1ccc2nc(-c3ccccn3)oc2c1. The Morgan fingerprint density at radius 1 is 1.29 bits per heavy atom. The van der Waals surface area contributed by atoms with Gasteiger partial charge in [-0.2, -0.15) is 0 Å². The minimum absolute atomic E-state index is 0.293. The largest absolute Gasteiger partial charge is 0.435 e.